The van der Waals surface area contributed by atoms with Crippen molar-refractivity contribution < 1.29 is 13.3 Å². The largest absolute Gasteiger partial charge is 0.356 e. The summed E-state index contributed by atoms with van der Waals surface area (Å²) in [7, 11) is 1.68. The van der Waals surface area contributed by atoms with Crippen molar-refractivity contribution in [1.82, 2.24) is 24.7 Å². The third-order valence-electron chi connectivity index (χ3n) is 4.83. The lowest BCUT2D eigenvalue weighted by molar-refractivity contribution is 0.116. The highest BCUT2D eigenvalue weighted by molar-refractivity contribution is 5.79. The van der Waals surface area contributed by atoms with Crippen molar-refractivity contribution in [1.29, 1.82) is 0 Å². The predicted molar refractivity (Wildman–Crippen MR) is 92.7 cm³/mol. The summed E-state index contributed by atoms with van der Waals surface area (Å²) in [5, 5.41) is 9.11. The number of hydrogen-bond donors (Lipinski definition) is 0. The zero-order valence-electron chi connectivity index (χ0n) is 14.6. The molecule has 4 rings (SSSR count). The standard InChI is InChI=1S/C18H21F2N5O/c1-23-10-13(17(21-23)18(19)20)11-24-6-8-25(9-7-24)12-15-14-4-2-3-5-16(14)26-22-15/h2-5,10,18H,6-9,11-12H2,1H3. The first-order chi connectivity index (χ1) is 12.6. The van der Waals surface area contributed by atoms with Crippen LogP contribution in [-0.2, 0) is 20.1 Å². The van der Waals surface area contributed by atoms with Crippen LogP contribution in [0.2, 0.25) is 0 Å². The molecule has 1 aliphatic heterocycles. The summed E-state index contributed by atoms with van der Waals surface area (Å²) >= 11 is 0. The zero-order chi connectivity index (χ0) is 18.1. The van der Waals surface area contributed by atoms with Crippen LogP contribution in [0, 0.1) is 0 Å². The van der Waals surface area contributed by atoms with E-state index in [0.29, 0.717) is 12.1 Å². The number of benzene rings is 1. The summed E-state index contributed by atoms with van der Waals surface area (Å²) in [4.78, 5) is 4.51. The Kier molecular flexibility index (Phi) is 4.69. The highest BCUT2D eigenvalue weighted by Gasteiger charge is 2.23. The van der Waals surface area contributed by atoms with Crippen LogP contribution >= 0.6 is 0 Å². The number of nitrogens with zero attached hydrogens (tertiary/aromatic N) is 5. The smallest absolute Gasteiger partial charge is 0.282 e. The molecule has 0 radical (unpaired) electrons. The van der Waals surface area contributed by atoms with Gasteiger partial charge in [-0.3, -0.25) is 14.5 Å². The summed E-state index contributed by atoms with van der Waals surface area (Å²) in [5.41, 5.74) is 2.25. The number of hydrogen-bond acceptors (Lipinski definition) is 5. The van der Waals surface area contributed by atoms with E-state index < -0.39 is 6.43 Å². The first kappa shape index (κ1) is 17.1. The summed E-state index contributed by atoms with van der Waals surface area (Å²) in [5.74, 6) is 0. The molecule has 26 heavy (non-hydrogen) atoms. The average molecular weight is 361 g/mol. The number of halogens is 2. The van der Waals surface area contributed by atoms with E-state index >= 15 is 0 Å². The van der Waals surface area contributed by atoms with Crippen molar-refractivity contribution in [2.75, 3.05) is 26.2 Å². The monoisotopic (exact) mass is 361 g/mol. The van der Waals surface area contributed by atoms with Gasteiger partial charge in [-0.2, -0.15) is 5.10 Å². The fourth-order valence-electron chi connectivity index (χ4n) is 3.47. The van der Waals surface area contributed by atoms with Crippen molar-refractivity contribution in [2.45, 2.75) is 19.5 Å². The molecule has 0 saturated carbocycles. The second-order valence-corrected chi connectivity index (χ2v) is 6.69. The molecule has 0 N–H and O–H groups in total. The minimum absolute atomic E-state index is 0.107. The number of aryl methyl sites for hydroxylation is 1. The van der Waals surface area contributed by atoms with Gasteiger partial charge in [-0.05, 0) is 12.1 Å². The minimum atomic E-state index is -2.53. The van der Waals surface area contributed by atoms with Crippen molar-refractivity contribution >= 4 is 11.0 Å². The Morgan fingerprint density at radius 2 is 1.77 bits per heavy atom. The summed E-state index contributed by atoms with van der Waals surface area (Å²) in [6.45, 7) is 4.63. The van der Waals surface area contributed by atoms with Crippen LogP contribution in [0.15, 0.2) is 35.0 Å². The van der Waals surface area contributed by atoms with E-state index in [2.05, 4.69) is 20.1 Å². The Morgan fingerprint density at radius 3 is 2.50 bits per heavy atom. The van der Waals surface area contributed by atoms with Gasteiger partial charge in [0.1, 0.15) is 11.4 Å². The number of fused-ring (bicyclic) bond motifs is 1. The molecule has 0 atom stereocenters. The lowest BCUT2D eigenvalue weighted by Crippen LogP contribution is -2.45. The van der Waals surface area contributed by atoms with Crippen molar-refractivity contribution in [3.05, 3.63) is 47.4 Å². The van der Waals surface area contributed by atoms with Crippen LogP contribution in [0.3, 0.4) is 0 Å². The van der Waals surface area contributed by atoms with Gasteiger partial charge in [0.2, 0.25) is 0 Å². The summed E-state index contributed by atoms with van der Waals surface area (Å²) in [6, 6.07) is 7.85. The molecule has 3 aromatic rings. The van der Waals surface area contributed by atoms with Gasteiger partial charge in [0.25, 0.3) is 6.43 Å². The van der Waals surface area contributed by atoms with E-state index in [1.54, 1.807) is 13.2 Å². The second-order valence-electron chi connectivity index (χ2n) is 6.69. The molecule has 1 aromatic carbocycles. The zero-order valence-corrected chi connectivity index (χ0v) is 14.6. The lowest BCUT2D eigenvalue weighted by Gasteiger charge is -2.34. The number of rotatable bonds is 5. The van der Waals surface area contributed by atoms with Gasteiger partial charge in [-0.1, -0.05) is 17.3 Å². The Morgan fingerprint density at radius 1 is 1.08 bits per heavy atom. The van der Waals surface area contributed by atoms with Crippen LogP contribution in [0.5, 0.6) is 0 Å². The van der Waals surface area contributed by atoms with E-state index in [1.165, 1.54) is 4.68 Å². The molecule has 1 fully saturated rings. The Balaban J connectivity index is 1.36. The molecule has 1 saturated heterocycles. The molecule has 0 aliphatic carbocycles. The maximum atomic E-state index is 13.1. The molecule has 6 nitrogen and oxygen atoms in total. The molecule has 0 spiro atoms. The maximum Gasteiger partial charge on any atom is 0.282 e. The summed E-state index contributed by atoms with van der Waals surface area (Å²) in [6.07, 6.45) is -0.844. The Hall–Kier alpha value is -2.32. The molecule has 2 aromatic heterocycles. The lowest BCUT2D eigenvalue weighted by atomic mass is 10.2. The molecule has 138 valence electrons. The highest BCUT2D eigenvalue weighted by atomic mass is 19.3. The highest BCUT2D eigenvalue weighted by Crippen LogP contribution is 2.23. The fourth-order valence-corrected chi connectivity index (χ4v) is 3.47. The third-order valence-corrected chi connectivity index (χ3v) is 4.83. The number of piperazine rings is 1. The van der Waals surface area contributed by atoms with E-state index in [4.69, 9.17) is 4.52 Å². The van der Waals surface area contributed by atoms with Crippen LogP contribution in [0.25, 0.3) is 11.0 Å². The van der Waals surface area contributed by atoms with Crippen molar-refractivity contribution in [3.63, 3.8) is 0 Å². The van der Waals surface area contributed by atoms with Crippen LogP contribution in [0.1, 0.15) is 23.4 Å². The van der Waals surface area contributed by atoms with Gasteiger partial charge in [-0.25, -0.2) is 8.78 Å². The molecular formula is C18H21F2N5O. The third kappa shape index (κ3) is 3.47. The maximum absolute atomic E-state index is 13.1. The van der Waals surface area contributed by atoms with E-state index in [-0.39, 0.29) is 5.69 Å². The van der Waals surface area contributed by atoms with E-state index in [9.17, 15) is 8.78 Å². The molecule has 0 unspecified atom stereocenters. The van der Waals surface area contributed by atoms with Gasteiger partial charge in [0.15, 0.2) is 5.58 Å². The molecule has 3 heterocycles. The number of para-hydroxylation sites is 1. The van der Waals surface area contributed by atoms with Gasteiger partial charge in [0, 0.05) is 63.5 Å². The van der Waals surface area contributed by atoms with Gasteiger partial charge >= 0.3 is 0 Å². The first-order valence-corrected chi connectivity index (χ1v) is 8.68. The van der Waals surface area contributed by atoms with E-state index in [0.717, 1.165) is 49.4 Å². The average Bonchev–Trinajstić information content (AvgIpc) is 3.20. The molecular weight excluding hydrogens is 340 g/mol. The molecule has 1 aliphatic rings. The van der Waals surface area contributed by atoms with Crippen LogP contribution < -0.4 is 0 Å². The normalized spacial score (nSPS) is 16.8. The SMILES string of the molecule is Cn1cc(CN2CCN(Cc3noc4ccccc34)CC2)c(C(F)F)n1. The topological polar surface area (TPSA) is 50.3 Å². The van der Waals surface area contributed by atoms with E-state index in [1.807, 2.05) is 24.3 Å². The molecule has 0 bridgehead atoms. The predicted octanol–water partition coefficient (Wildman–Crippen LogP) is 2.82. The molecule has 0 amide bonds. The number of alkyl halides is 2. The van der Waals surface area contributed by atoms with Gasteiger partial charge in [0.05, 0.1) is 0 Å². The number of aromatic nitrogens is 3. The summed E-state index contributed by atoms with van der Waals surface area (Å²) < 4.78 is 33.0. The van der Waals surface area contributed by atoms with Gasteiger partial charge < -0.3 is 4.52 Å². The Bertz CT molecular complexity index is 883. The fraction of sp³-hybridized carbons (Fsp3) is 0.444. The van der Waals surface area contributed by atoms with Crippen molar-refractivity contribution in [2.24, 2.45) is 7.05 Å². The quantitative estimate of drug-likeness (QED) is 0.699. The first-order valence-electron chi connectivity index (χ1n) is 8.68. The molecule has 8 heteroatoms. The van der Waals surface area contributed by atoms with Gasteiger partial charge in [-0.15, -0.1) is 0 Å². The van der Waals surface area contributed by atoms with Crippen LogP contribution in [-0.4, -0.2) is 50.9 Å². The van der Waals surface area contributed by atoms with Crippen LogP contribution in [0.4, 0.5) is 8.78 Å². The minimum Gasteiger partial charge on any atom is -0.356 e. The Labute approximate surface area is 150 Å². The van der Waals surface area contributed by atoms with Crippen molar-refractivity contribution in [3.8, 4) is 0 Å². The second kappa shape index (κ2) is 7.13.